The van der Waals surface area contributed by atoms with Crippen LogP contribution in [0.3, 0.4) is 0 Å². The quantitative estimate of drug-likeness (QED) is 0.784. The van der Waals surface area contributed by atoms with E-state index < -0.39 is 0 Å². The summed E-state index contributed by atoms with van der Waals surface area (Å²) in [5.41, 5.74) is 3.75. The van der Waals surface area contributed by atoms with Gasteiger partial charge in [0.15, 0.2) is 0 Å². The molecule has 1 aromatic carbocycles. The molecule has 3 heteroatoms. The highest BCUT2D eigenvalue weighted by atomic mass is 35.5. The van der Waals surface area contributed by atoms with Crippen molar-refractivity contribution in [2.45, 2.75) is 45.7 Å². The smallest absolute Gasteiger partial charge is 0.0573 e. The van der Waals surface area contributed by atoms with Gasteiger partial charge in [-0.3, -0.25) is 4.98 Å². The molecule has 0 saturated carbocycles. The summed E-state index contributed by atoms with van der Waals surface area (Å²) in [5, 5.41) is 4.43. The van der Waals surface area contributed by atoms with E-state index in [0.717, 1.165) is 36.5 Å². The van der Waals surface area contributed by atoms with Crippen LogP contribution in [0.2, 0.25) is 5.02 Å². The Morgan fingerprint density at radius 3 is 2.57 bits per heavy atom. The Bertz CT molecular complexity index is 551. The Kier molecular flexibility index (Phi) is 6.21. The fourth-order valence-electron chi connectivity index (χ4n) is 2.54. The van der Waals surface area contributed by atoms with E-state index in [4.69, 9.17) is 11.6 Å². The molecule has 0 spiro atoms. The SMILES string of the molecule is CCCC(NCc1ncccc1CC)c1ccc(Cl)cc1. The van der Waals surface area contributed by atoms with Gasteiger partial charge in [-0.2, -0.15) is 0 Å². The molecule has 0 fully saturated rings. The van der Waals surface area contributed by atoms with Crippen LogP contribution in [0, 0.1) is 0 Å². The van der Waals surface area contributed by atoms with Gasteiger partial charge in [0.1, 0.15) is 0 Å². The van der Waals surface area contributed by atoms with Crippen molar-refractivity contribution in [3.63, 3.8) is 0 Å². The highest BCUT2D eigenvalue weighted by molar-refractivity contribution is 6.30. The topological polar surface area (TPSA) is 24.9 Å². The van der Waals surface area contributed by atoms with Gasteiger partial charge in [-0.1, -0.05) is 50.1 Å². The summed E-state index contributed by atoms with van der Waals surface area (Å²) < 4.78 is 0. The standard InChI is InChI=1S/C18H23ClN2/c1-3-6-17(15-8-10-16(19)11-9-15)21-13-18-14(4-2)7-5-12-20-18/h5,7-12,17,21H,3-4,6,13H2,1-2H3. The predicted molar refractivity (Wildman–Crippen MR) is 89.6 cm³/mol. The minimum Gasteiger partial charge on any atom is -0.304 e. The van der Waals surface area contributed by atoms with E-state index in [1.165, 1.54) is 11.1 Å². The fourth-order valence-corrected chi connectivity index (χ4v) is 2.67. The molecule has 2 nitrogen and oxygen atoms in total. The molecular weight excluding hydrogens is 280 g/mol. The van der Waals surface area contributed by atoms with Crippen LogP contribution >= 0.6 is 11.6 Å². The average Bonchev–Trinajstić information content (AvgIpc) is 2.52. The summed E-state index contributed by atoms with van der Waals surface area (Å²) in [4.78, 5) is 4.51. The maximum absolute atomic E-state index is 5.98. The highest BCUT2D eigenvalue weighted by Gasteiger charge is 2.11. The maximum Gasteiger partial charge on any atom is 0.0573 e. The van der Waals surface area contributed by atoms with Gasteiger partial charge in [0.25, 0.3) is 0 Å². The third kappa shape index (κ3) is 4.55. The zero-order valence-electron chi connectivity index (χ0n) is 12.8. The summed E-state index contributed by atoms with van der Waals surface area (Å²) in [5.74, 6) is 0. The molecule has 1 heterocycles. The third-order valence-electron chi connectivity index (χ3n) is 3.73. The molecule has 0 radical (unpaired) electrons. The van der Waals surface area contributed by atoms with Crippen LogP contribution in [0.5, 0.6) is 0 Å². The van der Waals surface area contributed by atoms with Crippen molar-refractivity contribution < 1.29 is 0 Å². The molecule has 2 rings (SSSR count). The highest BCUT2D eigenvalue weighted by Crippen LogP contribution is 2.21. The number of nitrogens with one attached hydrogen (secondary N) is 1. The first-order chi connectivity index (χ1) is 10.2. The fraction of sp³-hybridized carbons (Fsp3) is 0.389. The lowest BCUT2D eigenvalue weighted by Gasteiger charge is -2.19. The minimum atomic E-state index is 0.346. The number of rotatable bonds is 7. The van der Waals surface area contributed by atoms with Crippen molar-refractivity contribution in [2.75, 3.05) is 0 Å². The van der Waals surface area contributed by atoms with E-state index in [-0.39, 0.29) is 0 Å². The Balaban J connectivity index is 2.08. The van der Waals surface area contributed by atoms with Crippen molar-refractivity contribution in [3.8, 4) is 0 Å². The molecule has 0 aliphatic rings. The number of halogens is 1. The van der Waals surface area contributed by atoms with E-state index in [1.807, 2.05) is 24.4 Å². The van der Waals surface area contributed by atoms with Gasteiger partial charge >= 0.3 is 0 Å². The van der Waals surface area contributed by atoms with Crippen molar-refractivity contribution in [1.82, 2.24) is 10.3 Å². The second-order valence-electron chi connectivity index (χ2n) is 5.24. The molecule has 1 unspecified atom stereocenters. The monoisotopic (exact) mass is 302 g/mol. The van der Waals surface area contributed by atoms with Gasteiger partial charge in [-0.15, -0.1) is 0 Å². The number of aromatic nitrogens is 1. The van der Waals surface area contributed by atoms with Crippen LogP contribution < -0.4 is 5.32 Å². The average molecular weight is 303 g/mol. The van der Waals surface area contributed by atoms with E-state index >= 15 is 0 Å². The Labute approximate surface area is 132 Å². The summed E-state index contributed by atoms with van der Waals surface area (Å²) in [6.07, 6.45) is 5.14. The van der Waals surface area contributed by atoms with Crippen molar-refractivity contribution in [3.05, 3.63) is 64.4 Å². The summed E-state index contributed by atoms with van der Waals surface area (Å²) in [6, 6.07) is 12.6. The first-order valence-corrected chi connectivity index (χ1v) is 8.04. The van der Waals surface area contributed by atoms with Crippen LogP contribution in [0.15, 0.2) is 42.6 Å². The van der Waals surface area contributed by atoms with Crippen LogP contribution in [-0.2, 0) is 13.0 Å². The lowest BCUT2D eigenvalue weighted by Crippen LogP contribution is -2.22. The maximum atomic E-state index is 5.98. The zero-order chi connectivity index (χ0) is 15.1. The van der Waals surface area contributed by atoms with Gasteiger partial charge in [-0.05, 0) is 42.2 Å². The molecule has 1 N–H and O–H groups in total. The summed E-state index contributed by atoms with van der Waals surface area (Å²) in [6.45, 7) is 5.18. The van der Waals surface area contributed by atoms with Crippen LogP contribution in [0.25, 0.3) is 0 Å². The number of aryl methyl sites for hydroxylation is 1. The lowest BCUT2D eigenvalue weighted by molar-refractivity contribution is 0.488. The van der Waals surface area contributed by atoms with Crippen LogP contribution in [0.1, 0.15) is 49.6 Å². The second kappa shape index (κ2) is 8.16. The molecule has 1 aromatic heterocycles. The molecule has 0 bridgehead atoms. The first kappa shape index (κ1) is 16.0. The van der Waals surface area contributed by atoms with Gasteiger partial charge in [0.05, 0.1) is 5.69 Å². The number of hydrogen-bond acceptors (Lipinski definition) is 2. The largest absolute Gasteiger partial charge is 0.304 e. The Morgan fingerprint density at radius 1 is 1.14 bits per heavy atom. The van der Waals surface area contributed by atoms with Gasteiger partial charge in [0.2, 0.25) is 0 Å². The second-order valence-corrected chi connectivity index (χ2v) is 5.67. The minimum absolute atomic E-state index is 0.346. The molecule has 0 aliphatic carbocycles. The van der Waals surface area contributed by atoms with E-state index in [1.54, 1.807) is 0 Å². The summed E-state index contributed by atoms with van der Waals surface area (Å²) >= 11 is 5.98. The van der Waals surface area contributed by atoms with E-state index in [2.05, 4.69) is 42.3 Å². The van der Waals surface area contributed by atoms with E-state index in [9.17, 15) is 0 Å². The Hall–Kier alpha value is -1.38. The molecule has 0 amide bonds. The van der Waals surface area contributed by atoms with Gasteiger partial charge in [0, 0.05) is 23.8 Å². The van der Waals surface area contributed by atoms with Crippen LogP contribution in [-0.4, -0.2) is 4.98 Å². The number of pyridine rings is 1. The molecule has 0 saturated heterocycles. The molecule has 2 aromatic rings. The van der Waals surface area contributed by atoms with Crippen molar-refractivity contribution >= 4 is 11.6 Å². The number of nitrogens with zero attached hydrogens (tertiary/aromatic N) is 1. The van der Waals surface area contributed by atoms with E-state index in [0.29, 0.717) is 6.04 Å². The molecule has 112 valence electrons. The third-order valence-corrected chi connectivity index (χ3v) is 3.98. The Morgan fingerprint density at radius 2 is 1.90 bits per heavy atom. The molecular formula is C18H23ClN2. The zero-order valence-corrected chi connectivity index (χ0v) is 13.5. The molecule has 0 aliphatic heterocycles. The predicted octanol–water partition coefficient (Wildman–Crippen LogP) is 4.93. The van der Waals surface area contributed by atoms with Crippen molar-refractivity contribution in [1.29, 1.82) is 0 Å². The first-order valence-electron chi connectivity index (χ1n) is 7.66. The summed E-state index contributed by atoms with van der Waals surface area (Å²) in [7, 11) is 0. The number of hydrogen-bond donors (Lipinski definition) is 1. The number of benzene rings is 1. The van der Waals surface area contributed by atoms with Gasteiger partial charge in [-0.25, -0.2) is 0 Å². The molecule has 1 atom stereocenters. The lowest BCUT2D eigenvalue weighted by atomic mass is 10.0. The molecule has 21 heavy (non-hydrogen) atoms. The normalized spacial score (nSPS) is 12.3. The van der Waals surface area contributed by atoms with Crippen molar-refractivity contribution in [2.24, 2.45) is 0 Å². The van der Waals surface area contributed by atoms with Gasteiger partial charge < -0.3 is 5.32 Å². The van der Waals surface area contributed by atoms with Crippen LogP contribution in [0.4, 0.5) is 0 Å².